The van der Waals surface area contributed by atoms with Crippen molar-refractivity contribution in [3.8, 4) is 0 Å². The molecule has 0 spiro atoms. The Labute approximate surface area is 210 Å². The molecule has 1 aliphatic heterocycles. The average molecular weight is 517 g/mol. The van der Waals surface area contributed by atoms with Gasteiger partial charge >= 0.3 is 0 Å². The summed E-state index contributed by atoms with van der Waals surface area (Å²) in [6, 6.07) is 0. The quantitative estimate of drug-likeness (QED) is 0.228. The minimum Gasteiger partial charge on any atom is -0.397 e. The molecular weight excluding hydrogens is 452 g/mol. The molecule has 11 heteroatoms. The lowest BCUT2D eigenvalue weighted by Crippen LogP contribution is -1.87. The number of epoxide rings is 1. The highest BCUT2D eigenvalue weighted by atomic mass is 16.6. The maximum absolute atomic E-state index is 8.29. The Bertz CT molecular complexity index is 137. The summed E-state index contributed by atoms with van der Waals surface area (Å²) in [7, 11) is 0. The lowest BCUT2D eigenvalue weighted by Gasteiger charge is -1.86. The van der Waals surface area contributed by atoms with Crippen LogP contribution in [0, 0.1) is 0 Å². The summed E-state index contributed by atoms with van der Waals surface area (Å²) in [5.74, 6) is 0. The van der Waals surface area contributed by atoms with Crippen LogP contribution in [0.5, 0.6) is 0 Å². The topological polar surface area (TPSA) is 215 Å². The SMILES string of the molecule is CCO.CCO.CCO.CCO.CCO.CCO.CCO.CCO.CCO.OCCCC1CO1. The number of hydrogen-bond acceptors (Lipinski definition) is 11. The Morgan fingerprint density at radius 1 is 0.441 bits per heavy atom. The third-order valence-electron chi connectivity index (χ3n) is 1.09. The zero-order chi connectivity index (χ0) is 29.5. The van der Waals surface area contributed by atoms with Crippen LogP contribution >= 0.6 is 0 Å². The fraction of sp³-hybridized carbons (Fsp3) is 1.00. The summed E-state index contributed by atoms with van der Waals surface area (Å²) in [5.41, 5.74) is 0. The second-order valence-corrected chi connectivity index (χ2v) is 4.67. The molecule has 0 aromatic carbocycles. The smallest absolute Gasteiger partial charge is 0.0810 e. The van der Waals surface area contributed by atoms with Gasteiger partial charge in [0.25, 0.3) is 0 Å². The number of rotatable bonds is 3. The third-order valence-corrected chi connectivity index (χ3v) is 1.09. The van der Waals surface area contributed by atoms with Gasteiger partial charge < -0.3 is 55.8 Å². The van der Waals surface area contributed by atoms with Crippen molar-refractivity contribution >= 4 is 0 Å². The van der Waals surface area contributed by atoms with E-state index in [1.165, 1.54) is 0 Å². The molecule has 0 aromatic heterocycles. The summed E-state index contributed by atoms with van der Waals surface area (Å²) < 4.78 is 4.90. The third kappa shape index (κ3) is 685. The van der Waals surface area contributed by atoms with Crippen molar-refractivity contribution in [2.24, 2.45) is 0 Å². The normalized spacial score (nSPS) is 10.5. The van der Waals surface area contributed by atoms with Gasteiger partial charge in [-0.1, -0.05) is 0 Å². The van der Waals surface area contributed by atoms with Crippen LogP contribution in [0.15, 0.2) is 0 Å². The van der Waals surface area contributed by atoms with Crippen molar-refractivity contribution in [2.75, 3.05) is 72.7 Å². The zero-order valence-corrected chi connectivity index (χ0v) is 23.7. The van der Waals surface area contributed by atoms with Crippen LogP contribution in [0.1, 0.15) is 75.2 Å². The predicted molar refractivity (Wildman–Crippen MR) is 141 cm³/mol. The van der Waals surface area contributed by atoms with Gasteiger partial charge in [0.2, 0.25) is 0 Å². The zero-order valence-electron chi connectivity index (χ0n) is 23.7. The van der Waals surface area contributed by atoms with E-state index >= 15 is 0 Å². The molecule has 0 aromatic rings. The fourth-order valence-electron chi connectivity index (χ4n) is 0.554. The summed E-state index contributed by atoms with van der Waals surface area (Å²) in [5, 5.41) is 76.4. The summed E-state index contributed by atoms with van der Waals surface area (Å²) in [6.45, 7) is 18.6. The van der Waals surface area contributed by atoms with E-state index in [9.17, 15) is 0 Å². The molecule has 1 heterocycles. The van der Waals surface area contributed by atoms with E-state index in [4.69, 9.17) is 55.8 Å². The molecule has 1 rings (SSSR count). The van der Waals surface area contributed by atoms with Gasteiger partial charge in [-0.05, 0) is 75.2 Å². The van der Waals surface area contributed by atoms with E-state index in [1.54, 1.807) is 62.3 Å². The fourth-order valence-corrected chi connectivity index (χ4v) is 0.554. The van der Waals surface area contributed by atoms with Gasteiger partial charge in [-0.25, -0.2) is 0 Å². The van der Waals surface area contributed by atoms with E-state index in [0.717, 1.165) is 19.4 Å². The molecule has 0 bridgehead atoms. The van der Waals surface area contributed by atoms with Crippen molar-refractivity contribution in [3.05, 3.63) is 0 Å². The van der Waals surface area contributed by atoms with Crippen LogP contribution in [0.4, 0.5) is 0 Å². The standard InChI is InChI=1S/C5H10O2.9C2H6O/c6-3-1-2-5-4-7-5;9*1-2-3/h5-6H,1-4H2;9*3H,2H2,1H3. The second kappa shape index (κ2) is 118. The van der Waals surface area contributed by atoms with Crippen molar-refractivity contribution < 1.29 is 55.8 Å². The number of aliphatic hydroxyl groups excluding tert-OH is 10. The highest BCUT2D eigenvalue weighted by molar-refractivity contribution is 4.67. The van der Waals surface area contributed by atoms with Gasteiger partial charge in [0.15, 0.2) is 0 Å². The van der Waals surface area contributed by atoms with Crippen LogP contribution in [0.2, 0.25) is 0 Å². The van der Waals surface area contributed by atoms with Crippen LogP contribution in [0.3, 0.4) is 0 Å². The summed E-state index contributed by atoms with van der Waals surface area (Å²) in [6.07, 6.45) is 2.42. The molecular formula is C23H64O11. The first-order valence-electron chi connectivity index (χ1n) is 11.9. The number of hydrogen-bond donors (Lipinski definition) is 10. The molecule has 0 aliphatic carbocycles. The van der Waals surface area contributed by atoms with Gasteiger partial charge in [0, 0.05) is 66.1 Å². The Morgan fingerprint density at radius 2 is 0.588 bits per heavy atom. The van der Waals surface area contributed by atoms with Gasteiger partial charge in [-0.15, -0.1) is 0 Å². The molecule has 11 nitrogen and oxygen atoms in total. The second-order valence-electron chi connectivity index (χ2n) is 4.67. The van der Waals surface area contributed by atoms with E-state index in [0.29, 0.717) is 12.7 Å². The monoisotopic (exact) mass is 516 g/mol. The Kier molecular flexibility index (Phi) is 205. The van der Waals surface area contributed by atoms with E-state index in [1.807, 2.05) is 0 Å². The largest absolute Gasteiger partial charge is 0.397 e. The molecule has 0 amide bonds. The molecule has 1 unspecified atom stereocenters. The van der Waals surface area contributed by atoms with E-state index in [-0.39, 0.29) is 59.5 Å². The Hall–Kier alpha value is -0.440. The highest BCUT2D eigenvalue weighted by Crippen LogP contribution is 2.14. The molecule has 222 valence electrons. The van der Waals surface area contributed by atoms with E-state index in [2.05, 4.69) is 0 Å². The van der Waals surface area contributed by atoms with Gasteiger partial charge in [0.05, 0.1) is 12.7 Å². The first-order chi connectivity index (χ1) is 16.2. The maximum atomic E-state index is 8.29. The minimum absolute atomic E-state index is 0.250. The van der Waals surface area contributed by atoms with E-state index < -0.39 is 0 Å². The van der Waals surface area contributed by atoms with Crippen LogP contribution in [0.25, 0.3) is 0 Å². The number of aliphatic hydroxyl groups is 10. The Balaban J connectivity index is -0.0000000300. The first-order valence-corrected chi connectivity index (χ1v) is 11.9. The summed E-state index contributed by atoms with van der Waals surface area (Å²) >= 11 is 0. The van der Waals surface area contributed by atoms with Crippen LogP contribution < -0.4 is 0 Å². The minimum atomic E-state index is 0.250. The molecule has 1 fully saturated rings. The molecule has 10 N–H and O–H groups in total. The Morgan fingerprint density at radius 3 is 0.676 bits per heavy atom. The molecule has 34 heavy (non-hydrogen) atoms. The average Bonchev–Trinajstić information content (AvgIpc) is 3.56. The lowest BCUT2D eigenvalue weighted by atomic mass is 10.3. The van der Waals surface area contributed by atoms with Crippen molar-refractivity contribution in [1.29, 1.82) is 0 Å². The van der Waals surface area contributed by atoms with Crippen LogP contribution in [-0.4, -0.2) is 130 Å². The highest BCUT2D eigenvalue weighted by Gasteiger charge is 2.20. The lowest BCUT2D eigenvalue weighted by molar-refractivity contribution is 0.274. The molecule has 1 saturated heterocycles. The molecule has 0 radical (unpaired) electrons. The number of ether oxygens (including phenoxy) is 1. The molecule has 1 aliphatic rings. The first kappa shape index (κ1) is 59.0. The molecule has 1 atom stereocenters. The van der Waals surface area contributed by atoms with Gasteiger partial charge in [-0.2, -0.15) is 0 Å². The van der Waals surface area contributed by atoms with Crippen molar-refractivity contribution in [1.82, 2.24) is 0 Å². The van der Waals surface area contributed by atoms with Crippen molar-refractivity contribution in [3.63, 3.8) is 0 Å². The van der Waals surface area contributed by atoms with Gasteiger partial charge in [0.1, 0.15) is 0 Å². The van der Waals surface area contributed by atoms with Crippen molar-refractivity contribution in [2.45, 2.75) is 81.3 Å². The molecule has 0 saturated carbocycles. The maximum Gasteiger partial charge on any atom is 0.0810 e. The van der Waals surface area contributed by atoms with Gasteiger partial charge in [-0.3, -0.25) is 0 Å². The van der Waals surface area contributed by atoms with Crippen LogP contribution in [-0.2, 0) is 4.74 Å². The predicted octanol–water partition coefficient (Wildman–Crippen LogP) is 0.145. The summed E-state index contributed by atoms with van der Waals surface area (Å²) in [4.78, 5) is 0.